The molecule has 1 saturated carbocycles. The number of nitrogens with two attached hydrogens (primary N) is 1. The summed E-state index contributed by atoms with van der Waals surface area (Å²) in [6.45, 7) is 2.09. The third-order valence-corrected chi connectivity index (χ3v) is 5.28. The number of hydrogen-bond donors (Lipinski definition) is 2. The first-order valence-corrected chi connectivity index (χ1v) is 8.41. The highest BCUT2D eigenvalue weighted by molar-refractivity contribution is 7.89. The van der Waals surface area contributed by atoms with Crippen LogP contribution in [0, 0.1) is 12.8 Å². The summed E-state index contributed by atoms with van der Waals surface area (Å²) in [5, 5.41) is 4.98. The van der Waals surface area contributed by atoms with Gasteiger partial charge in [-0.15, -0.1) is 0 Å². The molecule has 0 spiro atoms. The molecule has 0 radical (unpaired) electrons. The average Bonchev–Trinajstić information content (AvgIpc) is 3.24. The van der Waals surface area contributed by atoms with E-state index in [-0.39, 0.29) is 17.5 Å². The lowest BCUT2D eigenvalue weighted by molar-refractivity contribution is 0.547. The second-order valence-corrected chi connectivity index (χ2v) is 7.37. The van der Waals surface area contributed by atoms with E-state index in [1.54, 1.807) is 17.8 Å². The van der Waals surface area contributed by atoms with Gasteiger partial charge in [0.2, 0.25) is 10.0 Å². The number of pyridine rings is 1. The van der Waals surface area contributed by atoms with Crippen LogP contribution in [0.1, 0.15) is 18.5 Å². The van der Waals surface area contributed by atoms with E-state index in [4.69, 9.17) is 5.73 Å². The molecule has 1 atom stereocenters. The van der Waals surface area contributed by atoms with E-state index in [1.807, 2.05) is 6.92 Å². The number of hydrogen-bond acceptors (Lipinski definition) is 5. The van der Waals surface area contributed by atoms with Crippen LogP contribution in [0.4, 0.5) is 0 Å². The van der Waals surface area contributed by atoms with Gasteiger partial charge >= 0.3 is 0 Å². The van der Waals surface area contributed by atoms with Crippen LogP contribution >= 0.6 is 0 Å². The van der Waals surface area contributed by atoms with Gasteiger partial charge in [0, 0.05) is 31.2 Å². The number of sulfonamides is 1. The third-order valence-electron chi connectivity index (χ3n) is 3.88. The monoisotopic (exact) mass is 309 g/mol. The summed E-state index contributed by atoms with van der Waals surface area (Å²) < 4.78 is 28.8. The summed E-state index contributed by atoms with van der Waals surface area (Å²) in [4.78, 5) is 4.34. The summed E-state index contributed by atoms with van der Waals surface area (Å²) in [5.41, 5.74) is 7.35. The number of fused-ring (bicyclic) bond motifs is 1. The SMILES string of the molecule is Cc1nn(C)c2ncc(S(=O)(=O)NCC(N)C3CC3)cc12. The van der Waals surface area contributed by atoms with E-state index in [1.165, 1.54) is 6.20 Å². The van der Waals surface area contributed by atoms with Gasteiger partial charge in [0.1, 0.15) is 4.90 Å². The molecule has 1 unspecified atom stereocenters. The van der Waals surface area contributed by atoms with Gasteiger partial charge in [-0.2, -0.15) is 5.10 Å². The summed E-state index contributed by atoms with van der Waals surface area (Å²) in [7, 11) is -1.81. The fourth-order valence-electron chi connectivity index (χ4n) is 2.42. The molecule has 0 amide bonds. The Kier molecular flexibility index (Phi) is 3.46. The lowest BCUT2D eigenvalue weighted by atomic mass is 10.2. The minimum Gasteiger partial charge on any atom is -0.326 e. The summed E-state index contributed by atoms with van der Waals surface area (Å²) in [6, 6.07) is 1.49. The van der Waals surface area contributed by atoms with Crippen molar-refractivity contribution in [3.63, 3.8) is 0 Å². The fourth-order valence-corrected chi connectivity index (χ4v) is 3.46. The molecule has 8 heteroatoms. The zero-order chi connectivity index (χ0) is 15.2. The Morgan fingerprint density at radius 3 is 2.90 bits per heavy atom. The van der Waals surface area contributed by atoms with Crippen LogP contribution in [-0.2, 0) is 17.1 Å². The van der Waals surface area contributed by atoms with Gasteiger partial charge in [-0.1, -0.05) is 0 Å². The van der Waals surface area contributed by atoms with Crippen LogP contribution in [-0.4, -0.2) is 35.8 Å². The minimum atomic E-state index is -3.59. The smallest absolute Gasteiger partial charge is 0.242 e. The molecule has 7 nitrogen and oxygen atoms in total. The van der Waals surface area contributed by atoms with Gasteiger partial charge < -0.3 is 5.73 Å². The molecule has 21 heavy (non-hydrogen) atoms. The predicted octanol–water partition coefficient (Wildman–Crippen LogP) is 0.292. The van der Waals surface area contributed by atoms with E-state index >= 15 is 0 Å². The Hall–Kier alpha value is -1.51. The van der Waals surface area contributed by atoms with Crippen LogP contribution in [0.5, 0.6) is 0 Å². The van der Waals surface area contributed by atoms with E-state index in [9.17, 15) is 8.42 Å². The highest BCUT2D eigenvalue weighted by Crippen LogP contribution is 2.31. The highest BCUT2D eigenvalue weighted by atomic mass is 32.2. The van der Waals surface area contributed by atoms with Crippen molar-refractivity contribution in [3.8, 4) is 0 Å². The first kappa shape index (κ1) is 14.4. The number of nitrogens with zero attached hydrogens (tertiary/aromatic N) is 3. The van der Waals surface area contributed by atoms with Crippen LogP contribution in [0.2, 0.25) is 0 Å². The Morgan fingerprint density at radius 2 is 2.24 bits per heavy atom. The van der Waals surface area contributed by atoms with Crippen molar-refractivity contribution in [1.29, 1.82) is 0 Å². The molecule has 3 rings (SSSR count). The second kappa shape index (κ2) is 5.04. The maximum absolute atomic E-state index is 12.3. The average molecular weight is 309 g/mol. The van der Waals surface area contributed by atoms with Crippen molar-refractivity contribution in [2.75, 3.05) is 6.54 Å². The second-order valence-electron chi connectivity index (χ2n) is 5.60. The van der Waals surface area contributed by atoms with Gasteiger partial charge in [0.25, 0.3) is 0 Å². The molecule has 2 heterocycles. The van der Waals surface area contributed by atoms with Crippen molar-refractivity contribution in [1.82, 2.24) is 19.5 Å². The van der Waals surface area contributed by atoms with Crippen LogP contribution in [0.25, 0.3) is 11.0 Å². The molecule has 1 fully saturated rings. The van der Waals surface area contributed by atoms with Gasteiger partial charge in [-0.25, -0.2) is 18.1 Å². The van der Waals surface area contributed by atoms with Gasteiger partial charge in [0.05, 0.1) is 5.69 Å². The molecule has 2 aromatic rings. The molecular formula is C13H19N5O2S. The lowest BCUT2D eigenvalue weighted by Gasteiger charge is -2.12. The van der Waals surface area contributed by atoms with Crippen LogP contribution < -0.4 is 10.5 Å². The first-order chi connectivity index (χ1) is 9.88. The maximum atomic E-state index is 12.3. The van der Waals surface area contributed by atoms with E-state index in [0.29, 0.717) is 11.6 Å². The first-order valence-electron chi connectivity index (χ1n) is 6.93. The molecule has 0 bridgehead atoms. The van der Waals surface area contributed by atoms with Crippen molar-refractivity contribution >= 4 is 21.1 Å². The van der Waals surface area contributed by atoms with Crippen molar-refractivity contribution < 1.29 is 8.42 Å². The summed E-state index contributed by atoms with van der Waals surface area (Å²) in [6.07, 6.45) is 3.53. The Bertz CT molecular complexity index is 779. The summed E-state index contributed by atoms with van der Waals surface area (Å²) in [5.74, 6) is 0.453. The molecule has 0 saturated heterocycles. The molecule has 1 aliphatic rings. The maximum Gasteiger partial charge on any atom is 0.242 e. The molecule has 0 aliphatic heterocycles. The number of aromatic nitrogens is 3. The quantitative estimate of drug-likeness (QED) is 0.826. The van der Waals surface area contributed by atoms with Crippen molar-refractivity contribution in [3.05, 3.63) is 18.0 Å². The Labute approximate surface area is 123 Å². The molecule has 2 aromatic heterocycles. The zero-order valence-corrected chi connectivity index (χ0v) is 12.9. The van der Waals surface area contributed by atoms with Gasteiger partial charge in [-0.3, -0.25) is 4.68 Å². The third kappa shape index (κ3) is 2.78. The van der Waals surface area contributed by atoms with Crippen LogP contribution in [0.3, 0.4) is 0 Å². The molecule has 0 aromatic carbocycles. The predicted molar refractivity (Wildman–Crippen MR) is 79.1 cm³/mol. The lowest BCUT2D eigenvalue weighted by Crippen LogP contribution is -2.38. The van der Waals surface area contributed by atoms with Crippen LogP contribution in [0.15, 0.2) is 17.2 Å². The van der Waals surface area contributed by atoms with Gasteiger partial charge in [-0.05, 0) is 31.7 Å². The van der Waals surface area contributed by atoms with Gasteiger partial charge in [0.15, 0.2) is 5.65 Å². The fraction of sp³-hybridized carbons (Fsp3) is 0.538. The minimum absolute atomic E-state index is 0.114. The molecule has 114 valence electrons. The molecular weight excluding hydrogens is 290 g/mol. The zero-order valence-electron chi connectivity index (χ0n) is 12.1. The molecule has 1 aliphatic carbocycles. The Balaban J connectivity index is 1.85. The summed E-state index contributed by atoms with van der Waals surface area (Å²) >= 11 is 0. The number of aryl methyl sites for hydroxylation is 2. The van der Waals surface area contributed by atoms with Crippen molar-refractivity contribution in [2.45, 2.75) is 30.7 Å². The van der Waals surface area contributed by atoms with E-state index in [0.717, 1.165) is 23.9 Å². The number of rotatable bonds is 5. The normalized spacial score (nSPS) is 17.3. The molecule has 3 N–H and O–H groups in total. The largest absolute Gasteiger partial charge is 0.326 e. The Morgan fingerprint density at radius 1 is 1.52 bits per heavy atom. The van der Waals surface area contributed by atoms with Crippen molar-refractivity contribution in [2.24, 2.45) is 18.7 Å². The van der Waals surface area contributed by atoms with E-state index in [2.05, 4.69) is 14.8 Å². The van der Waals surface area contributed by atoms with E-state index < -0.39 is 10.0 Å². The topological polar surface area (TPSA) is 103 Å². The number of nitrogens with one attached hydrogen (secondary N) is 1. The standard InChI is InChI=1S/C13H19N5O2S/c1-8-11-5-10(6-15-13(11)18(2)17-8)21(19,20)16-7-12(14)9-3-4-9/h5-6,9,12,16H,3-4,7,14H2,1-2H3. The highest BCUT2D eigenvalue weighted by Gasteiger charge is 2.29.